The van der Waals surface area contributed by atoms with Crippen LogP contribution in [0.15, 0.2) is 59.7 Å². The van der Waals surface area contributed by atoms with Crippen LogP contribution in [0.1, 0.15) is 46.6 Å². The first-order valence-corrected chi connectivity index (χ1v) is 11.9. The number of aryl methyl sites for hydroxylation is 1. The van der Waals surface area contributed by atoms with Gasteiger partial charge in [-0.1, -0.05) is 24.3 Å². The van der Waals surface area contributed by atoms with Gasteiger partial charge in [-0.2, -0.15) is 0 Å². The van der Waals surface area contributed by atoms with Crippen LogP contribution in [0.25, 0.3) is 17.0 Å². The van der Waals surface area contributed by atoms with Crippen LogP contribution in [-0.4, -0.2) is 40.1 Å². The Morgan fingerprint density at radius 1 is 1.23 bits per heavy atom. The van der Waals surface area contributed by atoms with E-state index in [1.807, 2.05) is 31.3 Å². The molecule has 2 aromatic heterocycles. The molecule has 4 rings (SSSR count). The molecule has 1 atom stereocenters. The topological polar surface area (TPSA) is 112 Å². The first kappa shape index (κ1) is 24.5. The van der Waals surface area contributed by atoms with Gasteiger partial charge in [0.1, 0.15) is 5.69 Å². The lowest BCUT2D eigenvalue weighted by molar-refractivity contribution is 0.00545. The number of pyridine rings is 1. The predicted molar refractivity (Wildman–Crippen MR) is 136 cm³/mol. The van der Waals surface area contributed by atoms with Crippen molar-refractivity contribution in [3.63, 3.8) is 0 Å². The van der Waals surface area contributed by atoms with Gasteiger partial charge >= 0.3 is 0 Å². The van der Waals surface area contributed by atoms with Crippen LogP contribution in [0.3, 0.4) is 0 Å². The Hall–Kier alpha value is -3.62. The van der Waals surface area contributed by atoms with Gasteiger partial charge in [-0.05, 0) is 50.4 Å². The molecule has 1 aliphatic heterocycles. The lowest BCUT2D eigenvalue weighted by atomic mass is 10.1. The number of aromatic nitrogens is 3. The standard InChI is InChI=1S/C27H31N5O3/c1-18-27(25(33)13-23(28)20-8-6-19(7-9-20)14-29-2)31-24(15-30-18)21-10-11-26(34)32(16-21)17-22-5-3-4-12-35-22/h6-11,13,15-16,22,29H,3-5,12,14,17,28H2,1-2H3/b23-13-. The molecular weight excluding hydrogens is 442 g/mol. The molecule has 1 fully saturated rings. The monoisotopic (exact) mass is 473 g/mol. The Labute approximate surface area is 204 Å². The summed E-state index contributed by atoms with van der Waals surface area (Å²) in [5.74, 6) is -0.322. The molecule has 3 aromatic rings. The second-order valence-corrected chi connectivity index (χ2v) is 8.78. The quantitative estimate of drug-likeness (QED) is 0.382. The number of nitrogens with zero attached hydrogens (tertiary/aromatic N) is 3. The maximum atomic E-state index is 13.0. The fraction of sp³-hybridized carbons (Fsp3) is 0.333. The molecule has 35 heavy (non-hydrogen) atoms. The van der Waals surface area contributed by atoms with Gasteiger partial charge in [0, 0.05) is 42.8 Å². The van der Waals surface area contributed by atoms with Gasteiger partial charge < -0.3 is 20.4 Å². The maximum Gasteiger partial charge on any atom is 0.250 e. The van der Waals surface area contributed by atoms with Gasteiger partial charge in [-0.3, -0.25) is 14.6 Å². The van der Waals surface area contributed by atoms with Crippen molar-refractivity contribution in [3.05, 3.63) is 87.7 Å². The number of nitrogens with two attached hydrogens (primary N) is 1. The van der Waals surface area contributed by atoms with Crippen molar-refractivity contribution in [3.8, 4) is 11.3 Å². The van der Waals surface area contributed by atoms with Gasteiger partial charge in [0.25, 0.3) is 5.56 Å². The summed E-state index contributed by atoms with van der Waals surface area (Å²) < 4.78 is 7.43. The zero-order chi connectivity index (χ0) is 24.8. The van der Waals surface area contributed by atoms with Crippen molar-refractivity contribution < 1.29 is 9.53 Å². The van der Waals surface area contributed by atoms with E-state index in [-0.39, 0.29) is 23.1 Å². The number of allylic oxidation sites excluding steroid dienone is 1. The van der Waals surface area contributed by atoms with E-state index in [0.29, 0.717) is 29.2 Å². The van der Waals surface area contributed by atoms with Crippen molar-refractivity contribution in [2.45, 2.75) is 45.4 Å². The van der Waals surface area contributed by atoms with E-state index in [0.717, 1.165) is 43.5 Å². The number of carbonyl (C=O) groups excluding carboxylic acids is 1. The minimum absolute atomic E-state index is 0.0263. The first-order chi connectivity index (χ1) is 16.9. The lowest BCUT2D eigenvalue weighted by Gasteiger charge is -2.23. The molecule has 0 radical (unpaired) electrons. The van der Waals surface area contributed by atoms with E-state index in [4.69, 9.17) is 10.5 Å². The second-order valence-electron chi connectivity index (χ2n) is 8.78. The van der Waals surface area contributed by atoms with Crippen LogP contribution < -0.4 is 16.6 Å². The van der Waals surface area contributed by atoms with Crippen LogP contribution in [0.4, 0.5) is 0 Å². The van der Waals surface area contributed by atoms with Gasteiger partial charge in [0.15, 0.2) is 0 Å². The zero-order valence-electron chi connectivity index (χ0n) is 20.2. The third-order valence-corrected chi connectivity index (χ3v) is 6.10. The molecule has 0 aliphatic carbocycles. The number of ketones is 1. The van der Waals surface area contributed by atoms with Gasteiger partial charge in [0.2, 0.25) is 5.78 Å². The molecule has 1 aromatic carbocycles. The molecule has 182 valence electrons. The molecule has 0 bridgehead atoms. The van der Waals surface area contributed by atoms with E-state index in [1.54, 1.807) is 30.0 Å². The van der Waals surface area contributed by atoms with Crippen LogP contribution in [-0.2, 0) is 17.8 Å². The summed E-state index contributed by atoms with van der Waals surface area (Å²) in [7, 11) is 1.89. The lowest BCUT2D eigenvalue weighted by Crippen LogP contribution is -2.30. The Morgan fingerprint density at radius 2 is 2.03 bits per heavy atom. The first-order valence-electron chi connectivity index (χ1n) is 11.9. The Morgan fingerprint density at radius 3 is 2.74 bits per heavy atom. The molecule has 1 aliphatic rings. The van der Waals surface area contributed by atoms with Crippen LogP contribution in [0.2, 0.25) is 0 Å². The number of carbonyl (C=O) groups is 1. The maximum absolute atomic E-state index is 13.0. The van der Waals surface area contributed by atoms with Crippen LogP contribution in [0, 0.1) is 6.92 Å². The van der Waals surface area contributed by atoms with Gasteiger partial charge in [-0.25, -0.2) is 4.98 Å². The minimum atomic E-state index is -0.322. The molecule has 8 heteroatoms. The molecule has 8 nitrogen and oxygen atoms in total. The highest BCUT2D eigenvalue weighted by atomic mass is 16.5. The predicted octanol–water partition coefficient (Wildman–Crippen LogP) is 3.08. The number of benzene rings is 1. The molecule has 3 heterocycles. The highest BCUT2D eigenvalue weighted by Crippen LogP contribution is 2.19. The number of hydrogen-bond donors (Lipinski definition) is 2. The fourth-order valence-corrected chi connectivity index (χ4v) is 4.13. The van der Waals surface area contributed by atoms with E-state index in [2.05, 4.69) is 15.3 Å². The second kappa shape index (κ2) is 11.2. The van der Waals surface area contributed by atoms with Crippen LogP contribution >= 0.6 is 0 Å². The Kier molecular flexibility index (Phi) is 7.84. The number of hydrogen-bond acceptors (Lipinski definition) is 7. The third kappa shape index (κ3) is 6.09. The van der Waals surface area contributed by atoms with Gasteiger partial charge in [0.05, 0.1) is 30.2 Å². The van der Waals surface area contributed by atoms with Crippen molar-refractivity contribution in [2.24, 2.45) is 5.73 Å². The van der Waals surface area contributed by atoms with Crippen molar-refractivity contribution in [2.75, 3.05) is 13.7 Å². The third-order valence-electron chi connectivity index (χ3n) is 6.10. The zero-order valence-corrected chi connectivity index (χ0v) is 20.2. The fourth-order valence-electron chi connectivity index (χ4n) is 4.13. The molecule has 0 spiro atoms. The van der Waals surface area contributed by atoms with E-state index >= 15 is 0 Å². The molecule has 1 saturated heterocycles. The molecule has 3 N–H and O–H groups in total. The summed E-state index contributed by atoms with van der Waals surface area (Å²) in [6.07, 6.45) is 7.87. The summed E-state index contributed by atoms with van der Waals surface area (Å²) in [4.78, 5) is 34.4. The van der Waals surface area contributed by atoms with Crippen molar-refractivity contribution in [1.29, 1.82) is 0 Å². The summed E-state index contributed by atoms with van der Waals surface area (Å²) in [5, 5.41) is 3.10. The van der Waals surface area contributed by atoms with Crippen molar-refractivity contribution >= 4 is 11.5 Å². The summed E-state index contributed by atoms with van der Waals surface area (Å²) in [6, 6.07) is 10.9. The average molecular weight is 474 g/mol. The minimum Gasteiger partial charge on any atom is -0.398 e. The number of rotatable bonds is 8. The molecule has 1 unspecified atom stereocenters. The Balaban J connectivity index is 1.57. The highest BCUT2D eigenvalue weighted by molar-refractivity contribution is 6.07. The smallest absolute Gasteiger partial charge is 0.250 e. The SMILES string of the molecule is CNCc1ccc(/C(N)=C/C(=O)c2nc(-c3ccc(=O)n(CC4CCCCO4)c3)cnc2C)cc1. The normalized spacial score (nSPS) is 16.3. The largest absolute Gasteiger partial charge is 0.398 e. The van der Waals surface area contributed by atoms with Gasteiger partial charge in [-0.15, -0.1) is 0 Å². The number of ether oxygens (including phenoxy) is 1. The molecule has 0 amide bonds. The van der Waals surface area contributed by atoms with E-state index < -0.39 is 0 Å². The Bertz CT molecular complexity index is 1270. The number of nitrogens with one attached hydrogen (secondary N) is 1. The molecular formula is C27H31N5O3. The summed E-state index contributed by atoms with van der Waals surface area (Å²) in [6.45, 7) is 3.71. The molecule has 0 saturated carbocycles. The van der Waals surface area contributed by atoms with Crippen LogP contribution in [0.5, 0.6) is 0 Å². The van der Waals surface area contributed by atoms with E-state index in [1.165, 1.54) is 12.1 Å². The van der Waals surface area contributed by atoms with Crippen molar-refractivity contribution in [1.82, 2.24) is 19.9 Å². The highest BCUT2D eigenvalue weighted by Gasteiger charge is 2.17. The average Bonchev–Trinajstić information content (AvgIpc) is 2.87. The summed E-state index contributed by atoms with van der Waals surface area (Å²) >= 11 is 0. The van der Waals surface area contributed by atoms with E-state index in [9.17, 15) is 9.59 Å². The summed E-state index contributed by atoms with van der Waals surface area (Å²) in [5.41, 5.74) is 10.3.